The number of benzene rings is 1. The first-order chi connectivity index (χ1) is 9.49. The molecule has 0 saturated carbocycles. The van der Waals surface area contributed by atoms with Crippen LogP contribution < -0.4 is 5.32 Å². The molecule has 0 bridgehead atoms. The molecule has 6 heteroatoms. The molecule has 0 radical (unpaired) electrons. The van der Waals surface area contributed by atoms with Gasteiger partial charge in [-0.05, 0) is 40.0 Å². The number of H-pyrrole nitrogens is 1. The SMILES string of the molecule is CC(C)[C@H](NC(=O)c1ccc(Br)c(F)c1)c1ncc[nH]1. The van der Waals surface area contributed by atoms with Gasteiger partial charge < -0.3 is 10.3 Å². The number of amides is 1. The van der Waals surface area contributed by atoms with Crippen LogP contribution in [0.3, 0.4) is 0 Å². The lowest BCUT2D eigenvalue weighted by Crippen LogP contribution is -2.32. The number of aromatic nitrogens is 2. The van der Waals surface area contributed by atoms with Crippen LogP contribution >= 0.6 is 15.9 Å². The molecule has 1 heterocycles. The zero-order chi connectivity index (χ0) is 14.7. The van der Waals surface area contributed by atoms with E-state index in [0.29, 0.717) is 10.3 Å². The molecule has 0 saturated heterocycles. The molecule has 2 aromatic rings. The van der Waals surface area contributed by atoms with Gasteiger partial charge in [0.25, 0.3) is 5.91 Å². The van der Waals surface area contributed by atoms with E-state index in [4.69, 9.17) is 0 Å². The smallest absolute Gasteiger partial charge is 0.251 e. The number of carbonyl (C=O) groups is 1. The quantitative estimate of drug-likeness (QED) is 0.896. The summed E-state index contributed by atoms with van der Waals surface area (Å²) in [7, 11) is 0. The monoisotopic (exact) mass is 339 g/mol. The second-order valence-corrected chi connectivity index (χ2v) is 5.65. The van der Waals surface area contributed by atoms with Crippen molar-refractivity contribution in [3.05, 3.63) is 52.3 Å². The minimum atomic E-state index is -0.461. The van der Waals surface area contributed by atoms with E-state index in [1.807, 2.05) is 13.8 Å². The molecule has 106 valence electrons. The third kappa shape index (κ3) is 3.25. The van der Waals surface area contributed by atoms with Crippen molar-refractivity contribution >= 4 is 21.8 Å². The number of hydrogen-bond donors (Lipinski definition) is 2. The molecular formula is C14H15BrFN3O. The minimum absolute atomic E-state index is 0.158. The molecule has 4 nitrogen and oxygen atoms in total. The summed E-state index contributed by atoms with van der Waals surface area (Å²) in [6.07, 6.45) is 3.34. The van der Waals surface area contributed by atoms with Gasteiger partial charge in [0, 0.05) is 18.0 Å². The van der Waals surface area contributed by atoms with E-state index in [9.17, 15) is 9.18 Å². The Bertz CT molecular complexity index is 598. The molecule has 1 aromatic carbocycles. The molecule has 1 amide bonds. The molecule has 0 unspecified atom stereocenters. The highest BCUT2D eigenvalue weighted by Crippen LogP contribution is 2.20. The fraction of sp³-hybridized carbons (Fsp3) is 0.286. The first-order valence-electron chi connectivity index (χ1n) is 6.24. The van der Waals surface area contributed by atoms with Gasteiger partial charge in [0.15, 0.2) is 0 Å². The Hall–Kier alpha value is -1.69. The van der Waals surface area contributed by atoms with Crippen LogP contribution in [0.15, 0.2) is 35.1 Å². The van der Waals surface area contributed by atoms with Crippen LogP contribution in [0.25, 0.3) is 0 Å². The Morgan fingerprint density at radius 1 is 1.45 bits per heavy atom. The van der Waals surface area contributed by atoms with Crippen molar-refractivity contribution in [2.24, 2.45) is 5.92 Å². The molecule has 2 rings (SSSR count). The van der Waals surface area contributed by atoms with E-state index in [-0.39, 0.29) is 23.4 Å². The summed E-state index contributed by atoms with van der Waals surface area (Å²) < 4.78 is 13.8. The van der Waals surface area contributed by atoms with Gasteiger partial charge in [-0.2, -0.15) is 0 Å². The van der Waals surface area contributed by atoms with Crippen molar-refractivity contribution in [1.29, 1.82) is 0 Å². The maximum absolute atomic E-state index is 13.5. The van der Waals surface area contributed by atoms with Crippen LogP contribution in [0.2, 0.25) is 0 Å². The second-order valence-electron chi connectivity index (χ2n) is 4.80. The van der Waals surface area contributed by atoms with Gasteiger partial charge in [-0.1, -0.05) is 13.8 Å². The van der Waals surface area contributed by atoms with Crippen molar-refractivity contribution in [2.75, 3.05) is 0 Å². The lowest BCUT2D eigenvalue weighted by Gasteiger charge is -2.20. The molecular weight excluding hydrogens is 325 g/mol. The highest BCUT2D eigenvalue weighted by Gasteiger charge is 2.21. The van der Waals surface area contributed by atoms with Crippen LogP contribution in [-0.2, 0) is 0 Å². The number of imidazole rings is 1. The number of halogens is 2. The summed E-state index contributed by atoms with van der Waals surface area (Å²) in [5.74, 6) is 0.0552. The first-order valence-corrected chi connectivity index (χ1v) is 7.03. The molecule has 0 aliphatic carbocycles. The summed E-state index contributed by atoms with van der Waals surface area (Å²) in [4.78, 5) is 19.3. The molecule has 2 N–H and O–H groups in total. The Morgan fingerprint density at radius 2 is 2.20 bits per heavy atom. The van der Waals surface area contributed by atoms with Crippen LogP contribution in [0.5, 0.6) is 0 Å². The van der Waals surface area contributed by atoms with Crippen LogP contribution in [0, 0.1) is 11.7 Å². The predicted molar refractivity (Wildman–Crippen MR) is 77.7 cm³/mol. The summed E-state index contributed by atoms with van der Waals surface area (Å²) >= 11 is 3.06. The van der Waals surface area contributed by atoms with E-state index in [1.165, 1.54) is 12.1 Å². The fourth-order valence-electron chi connectivity index (χ4n) is 1.86. The Balaban J connectivity index is 2.18. The lowest BCUT2D eigenvalue weighted by atomic mass is 10.0. The number of nitrogens with zero attached hydrogens (tertiary/aromatic N) is 1. The molecule has 0 aliphatic heterocycles. The van der Waals surface area contributed by atoms with Gasteiger partial charge in [-0.25, -0.2) is 9.37 Å². The number of aromatic amines is 1. The highest BCUT2D eigenvalue weighted by molar-refractivity contribution is 9.10. The van der Waals surface area contributed by atoms with Crippen molar-refractivity contribution in [3.8, 4) is 0 Å². The molecule has 1 aromatic heterocycles. The van der Waals surface area contributed by atoms with Crippen molar-refractivity contribution in [2.45, 2.75) is 19.9 Å². The Labute approximate surface area is 124 Å². The summed E-state index contributed by atoms with van der Waals surface area (Å²) in [5.41, 5.74) is 0.280. The van der Waals surface area contributed by atoms with Gasteiger partial charge in [-0.15, -0.1) is 0 Å². The topological polar surface area (TPSA) is 57.8 Å². The van der Waals surface area contributed by atoms with Gasteiger partial charge in [0.05, 0.1) is 10.5 Å². The van der Waals surface area contributed by atoms with E-state index < -0.39 is 5.82 Å². The third-order valence-corrected chi connectivity index (χ3v) is 3.59. The largest absolute Gasteiger partial charge is 0.347 e. The number of nitrogens with one attached hydrogen (secondary N) is 2. The normalized spacial score (nSPS) is 12.4. The van der Waals surface area contributed by atoms with Crippen molar-refractivity contribution in [1.82, 2.24) is 15.3 Å². The maximum atomic E-state index is 13.5. The molecule has 20 heavy (non-hydrogen) atoms. The van der Waals surface area contributed by atoms with E-state index >= 15 is 0 Å². The minimum Gasteiger partial charge on any atom is -0.347 e. The van der Waals surface area contributed by atoms with Crippen LogP contribution in [0.4, 0.5) is 4.39 Å². The standard InChI is InChI=1S/C14H15BrFN3O/c1-8(2)12(13-17-5-6-18-13)19-14(20)9-3-4-10(15)11(16)7-9/h3-8,12H,1-2H3,(H,17,18)(H,19,20)/t12-/m0/s1. The molecule has 1 atom stereocenters. The average Bonchev–Trinajstić information content (AvgIpc) is 2.92. The number of hydrogen-bond acceptors (Lipinski definition) is 2. The van der Waals surface area contributed by atoms with Gasteiger partial charge in [0.1, 0.15) is 11.6 Å². The van der Waals surface area contributed by atoms with Gasteiger partial charge in [0.2, 0.25) is 0 Å². The first kappa shape index (κ1) is 14.7. The van der Waals surface area contributed by atoms with E-state index in [0.717, 1.165) is 0 Å². The van der Waals surface area contributed by atoms with Gasteiger partial charge in [-0.3, -0.25) is 4.79 Å². The number of rotatable bonds is 4. The third-order valence-electron chi connectivity index (χ3n) is 2.95. The van der Waals surface area contributed by atoms with E-state index in [2.05, 4.69) is 31.2 Å². The lowest BCUT2D eigenvalue weighted by molar-refractivity contribution is 0.0923. The average molecular weight is 340 g/mol. The highest BCUT2D eigenvalue weighted by atomic mass is 79.9. The Kier molecular flexibility index (Phi) is 4.54. The van der Waals surface area contributed by atoms with Crippen molar-refractivity contribution in [3.63, 3.8) is 0 Å². The summed E-state index contributed by atoms with van der Waals surface area (Å²) in [6.45, 7) is 3.96. The van der Waals surface area contributed by atoms with Crippen LogP contribution in [0.1, 0.15) is 36.1 Å². The van der Waals surface area contributed by atoms with Gasteiger partial charge >= 0.3 is 0 Å². The molecule has 0 fully saturated rings. The molecule has 0 spiro atoms. The summed E-state index contributed by atoms with van der Waals surface area (Å²) in [5, 5.41) is 2.87. The summed E-state index contributed by atoms with van der Waals surface area (Å²) in [6, 6.07) is 4.05. The predicted octanol–water partition coefficient (Wildman–Crippen LogP) is 3.44. The van der Waals surface area contributed by atoms with E-state index in [1.54, 1.807) is 18.5 Å². The maximum Gasteiger partial charge on any atom is 0.251 e. The second kappa shape index (κ2) is 6.17. The van der Waals surface area contributed by atoms with Crippen molar-refractivity contribution < 1.29 is 9.18 Å². The Morgan fingerprint density at radius 3 is 2.75 bits per heavy atom. The van der Waals surface area contributed by atoms with Crippen LogP contribution in [-0.4, -0.2) is 15.9 Å². The number of carbonyl (C=O) groups excluding carboxylic acids is 1. The molecule has 0 aliphatic rings. The zero-order valence-corrected chi connectivity index (χ0v) is 12.7. The fourth-order valence-corrected chi connectivity index (χ4v) is 2.11. The zero-order valence-electron chi connectivity index (χ0n) is 11.2.